The first kappa shape index (κ1) is 31.3. The molecule has 2 N–H and O–H groups in total. The van der Waals surface area contributed by atoms with E-state index in [2.05, 4.69) is 10.0 Å². The fourth-order valence-corrected chi connectivity index (χ4v) is 5.87. The largest absolute Gasteiger partial charge is 0.449 e. The number of benzene rings is 3. The zero-order chi connectivity index (χ0) is 31.7. The molecule has 0 radical (unpaired) electrons. The number of carbonyl (C=O) groups excluding carboxylic acids is 2. The third kappa shape index (κ3) is 6.56. The third-order valence-corrected chi connectivity index (χ3v) is 8.70. The fraction of sp³-hybridized carbons (Fsp3) is 0.281. The van der Waals surface area contributed by atoms with E-state index in [0.29, 0.717) is 16.9 Å². The summed E-state index contributed by atoms with van der Waals surface area (Å²) in [6.45, 7) is 10.7. The number of aromatic nitrogens is 2. The Balaban J connectivity index is 1.54. The summed E-state index contributed by atoms with van der Waals surface area (Å²) in [5, 5.41) is 2.58. The smallest absolute Gasteiger partial charge is 0.341 e. The molecule has 43 heavy (non-hydrogen) atoms. The number of para-hydroxylation sites is 2. The molecule has 1 unspecified atom stereocenters. The Kier molecular flexibility index (Phi) is 8.68. The van der Waals surface area contributed by atoms with Crippen molar-refractivity contribution in [1.82, 2.24) is 9.36 Å². The van der Waals surface area contributed by atoms with E-state index in [1.54, 1.807) is 74.1 Å². The van der Waals surface area contributed by atoms with E-state index in [4.69, 9.17) is 4.74 Å². The van der Waals surface area contributed by atoms with Gasteiger partial charge in [-0.05, 0) is 67.6 Å². The molecule has 0 fully saturated rings. The highest BCUT2D eigenvalue weighted by atomic mass is 32.2. The maximum atomic E-state index is 13.4. The number of anilines is 2. The van der Waals surface area contributed by atoms with E-state index >= 15 is 0 Å². The predicted molar refractivity (Wildman–Crippen MR) is 166 cm³/mol. The van der Waals surface area contributed by atoms with Crippen molar-refractivity contribution >= 4 is 33.3 Å². The van der Waals surface area contributed by atoms with Gasteiger partial charge in [0, 0.05) is 7.05 Å². The number of aryl methyl sites for hydroxylation is 1. The average molecular weight is 605 g/mol. The Hall–Kier alpha value is -4.64. The lowest BCUT2D eigenvalue weighted by Crippen LogP contribution is -2.32. The van der Waals surface area contributed by atoms with Crippen LogP contribution in [0, 0.1) is 13.8 Å². The molecule has 0 saturated heterocycles. The molecular formula is C32H36N4O6S. The van der Waals surface area contributed by atoms with Gasteiger partial charge in [0.25, 0.3) is 21.5 Å². The molecule has 1 amide bonds. The van der Waals surface area contributed by atoms with Crippen LogP contribution in [0.1, 0.15) is 54.9 Å². The van der Waals surface area contributed by atoms with E-state index in [1.165, 1.54) is 23.7 Å². The van der Waals surface area contributed by atoms with Gasteiger partial charge in [-0.25, -0.2) is 17.9 Å². The van der Waals surface area contributed by atoms with Gasteiger partial charge in [-0.2, -0.15) is 0 Å². The topological polar surface area (TPSA) is 128 Å². The molecule has 226 valence electrons. The quantitative estimate of drug-likeness (QED) is 0.270. The Morgan fingerprint density at radius 3 is 2.21 bits per heavy atom. The molecule has 4 aromatic rings. The van der Waals surface area contributed by atoms with Gasteiger partial charge in [-0.3, -0.25) is 19.0 Å². The highest BCUT2D eigenvalue weighted by molar-refractivity contribution is 7.92. The van der Waals surface area contributed by atoms with Crippen molar-refractivity contribution in [3.63, 3.8) is 0 Å². The normalized spacial score (nSPS) is 12.4. The lowest BCUT2D eigenvalue weighted by molar-refractivity contribution is -0.123. The highest BCUT2D eigenvalue weighted by Gasteiger charge is 2.27. The summed E-state index contributed by atoms with van der Waals surface area (Å²) >= 11 is 0. The minimum atomic E-state index is -4.08. The van der Waals surface area contributed by atoms with Crippen molar-refractivity contribution in [2.75, 3.05) is 10.0 Å². The number of hydrogen-bond acceptors (Lipinski definition) is 6. The minimum Gasteiger partial charge on any atom is -0.449 e. The summed E-state index contributed by atoms with van der Waals surface area (Å²) in [5.41, 5.74) is 1.79. The molecule has 4 rings (SSSR count). The van der Waals surface area contributed by atoms with Crippen molar-refractivity contribution in [2.24, 2.45) is 7.05 Å². The predicted octanol–water partition coefficient (Wildman–Crippen LogP) is 5.08. The van der Waals surface area contributed by atoms with Crippen LogP contribution in [0.15, 0.2) is 82.5 Å². The maximum Gasteiger partial charge on any atom is 0.341 e. The lowest BCUT2D eigenvalue weighted by Gasteiger charge is -2.21. The van der Waals surface area contributed by atoms with Crippen LogP contribution in [0.5, 0.6) is 0 Å². The van der Waals surface area contributed by atoms with Crippen LogP contribution < -0.4 is 15.6 Å². The van der Waals surface area contributed by atoms with E-state index < -0.39 is 33.6 Å². The van der Waals surface area contributed by atoms with E-state index in [9.17, 15) is 22.8 Å². The number of rotatable bonds is 8. The summed E-state index contributed by atoms with van der Waals surface area (Å²) in [5.74, 6) is -1.63. The summed E-state index contributed by atoms with van der Waals surface area (Å²) in [6, 6.07) is 20.2. The second kappa shape index (κ2) is 11.9. The molecule has 1 aromatic heterocycles. The molecule has 0 spiro atoms. The van der Waals surface area contributed by atoms with Gasteiger partial charge in [0.2, 0.25) is 0 Å². The fourth-order valence-electron chi connectivity index (χ4n) is 4.52. The summed E-state index contributed by atoms with van der Waals surface area (Å²) in [7, 11) is -2.38. The number of esters is 1. The van der Waals surface area contributed by atoms with Gasteiger partial charge in [-0.15, -0.1) is 0 Å². The van der Waals surface area contributed by atoms with Crippen LogP contribution in [-0.2, 0) is 32.0 Å². The molecule has 0 bridgehead atoms. The molecule has 10 nitrogen and oxygen atoms in total. The first-order valence-corrected chi connectivity index (χ1v) is 15.2. The SMILES string of the molecule is Cc1ccc(C(C)(C)C)cc1S(=O)(=O)Nc1ccccc1C(=O)OC(C)C(=O)Nc1c(C)n(C)n(-c2ccccc2)c1=O. The Morgan fingerprint density at radius 1 is 0.930 bits per heavy atom. The molecule has 1 atom stereocenters. The molecule has 11 heteroatoms. The van der Waals surface area contributed by atoms with Crippen LogP contribution >= 0.6 is 0 Å². The molecule has 1 heterocycles. The first-order chi connectivity index (χ1) is 20.1. The number of ether oxygens (including phenoxy) is 1. The van der Waals surface area contributed by atoms with Gasteiger partial charge in [-0.1, -0.05) is 63.2 Å². The highest BCUT2D eigenvalue weighted by Crippen LogP contribution is 2.29. The molecular weight excluding hydrogens is 568 g/mol. The number of carbonyl (C=O) groups is 2. The Bertz CT molecular complexity index is 1850. The number of amides is 1. The third-order valence-electron chi connectivity index (χ3n) is 7.19. The summed E-state index contributed by atoms with van der Waals surface area (Å²) in [4.78, 5) is 39.5. The van der Waals surface area contributed by atoms with Crippen molar-refractivity contribution in [3.8, 4) is 5.69 Å². The Morgan fingerprint density at radius 2 is 1.56 bits per heavy atom. The van der Waals surface area contributed by atoms with Crippen molar-refractivity contribution in [2.45, 2.75) is 58.0 Å². The molecule has 0 aliphatic carbocycles. The number of sulfonamides is 1. The van der Waals surface area contributed by atoms with E-state index in [0.717, 1.165) is 5.56 Å². The standard InChI is InChI=1S/C32H36N4O6S/c1-20-17-18-23(32(4,5)6)19-27(20)43(40,41)34-26-16-12-11-15-25(26)31(39)42-22(3)29(37)33-28-21(2)35(7)36(30(28)38)24-13-9-8-10-14-24/h8-19,22,34H,1-7H3,(H,33,37). The van der Waals surface area contributed by atoms with Gasteiger partial charge in [0.15, 0.2) is 6.10 Å². The zero-order valence-electron chi connectivity index (χ0n) is 25.3. The molecule has 0 saturated carbocycles. The average Bonchev–Trinajstić information content (AvgIpc) is 3.15. The maximum absolute atomic E-state index is 13.4. The van der Waals surface area contributed by atoms with Crippen LogP contribution in [0.3, 0.4) is 0 Å². The lowest BCUT2D eigenvalue weighted by atomic mass is 9.87. The monoisotopic (exact) mass is 604 g/mol. The second-order valence-corrected chi connectivity index (χ2v) is 13.0. The number of nitrogens with zero attached hydrogens (tertiary/aromatic N) is 2. The molecule has 3 aromatic carbocycles. The second-order valence-electron chi connectivity index (χ2n) is 11.4. The van der Waals surface area contributed by atoms with Gasteiger partial charge >= 0.3 is 5.97 Å². The van der Waals surface area contributed by atoms with Crippen molar-refractivity contribution in [3.05, 3.63) is 106 Å². The number of hydrogen-bond donors (Lipinski definition) is 2. The van der Waals surface area contributed by atoms with E-state index in [-0.39, 0.29) is 27.2 Å². The van der Waals surface area contributed by atoms with Crippen LogP contribution in [0.4, 0.5) is 11.4 Å². The minimum absolute atomic E-state index is 0.00493. The van der Waals surface area contributed by atoms with Crippen LogP contribution in [0.25, 0.3) is 5.69 Å². The summed E-state index contributed by atoms with van der Waals surface area (Å²) < 4.78 is 37.9. The first-order valence-electron chi connectivity index (χ1n) is 13.7. The van der Waals surface area contributed by atoms with Crippen molar-refractivity contribution in [1.29, 1.82) is 0 Å². The summed E-state index contributed by atoms with van der Waals surface area (Å²) in [6.07, 6.45) is -1.30. The van der Waals surface area contributed by atoms with Gasteiger partial charge < -0.3 is 10.1 Å². The van der Waals surface area contributed by atoms with E-state index in [1.807, 2.05) is 32.9 Å². The number of nitrogens with one attached hydrogen (secondary N) is 2. The van der Waals surface area contributed by atoms with Crippen LogP contribution in [0.2, 0.25) is 0 Å². The Labute approximate surface area is 251 Å². The van der Waals surface area contributed by atoms with Crippen molar-refractivity contribution < 1.29 is 22.7 Å². The van der Waals surface area contributed by atoms with Gasteiger partial charge in [0.1, 0.15) is 5.69 Å². The molecule has 0 aliphatic rings. The zero-order valence-corrected chi connectivity index (χ0v) is 26.1. The van der Waals surface area contributed by atoms with Gasteiger partial charge in [0.05, 0.1) is 27.5 Å². The van der Waals surface area contributed by atoms with Crippen LogP contribution in [-0.4, -0.2) is 35.8 Å². The molecule has 0 aliphatic heterocycles.